The molecule has 0 spiro atoms. The maximum atomic E-state index is 12.3. The lowest BCUT2D eigenvalue weighted by Crippen LogP contribution is -2.36. The van der Waals surface area contributed by atoms with Gasteiger partial charge in [0.2, 0.25) is 0 Å². The minimum atomic E-state index is -0.526. The van der Waals surface area contributed by atoms with Gasteiger partial charge in [0.25, 0.3) is 11.6 Å². The highest BCUT2D eigenvalue weighted by molar-refractivity contribution is 5.95. The van der Waals surface area contributed by atoms with E-state index in [1.54, 1.807) is 6.07 Å². The smallest absolute Gasteiger partial charge is 0.295 e. The normalized spacial score (nSPS) is 15.3. The van der Waals surface area contributed by atoms with Gasteiger partial charge >= 0.3 is 0 Å². The topological polar surface area (TPSA) is 115 Å². The van der Waals surface area contributed by atoms with E-state index in [1.165, 1.54) is 68.0 Å². The molecule has 1 heterocycles. The first kappa shape index (κ1) is 19.0. The molecule has 2 aromatic rings. The minimum absolute atomic E-state index is 0.190. The largest absolute Gasteiger partial charge is 0.351 e. The summed E-state index contributed by atoms with van der Waals surface area (Å²) >= 11 is 0. The van der Waals surface area contributed by atoms with Crippen LogP contribution in [0, 0.1) is 10.1 Å². The first-order valence-corrected chi connectivity index (χ1v) is 9.30. The number of amides is 1. The van der Waals surface area contributed by atoms with Crippen molar-refractivity contribution >= 4 is 11.6 Å². The van der Waals surface area contributed by atoms with Gasteiger partial charge in [0.05, 0.1) is 4.92 Å². The zero-order valence-corrected chi connectivity index (χ0v) is 15.1. The molecule has 9 heteroatoms. The van der Waals surface area contributed by atoms with Crippen molar-refractivity contribution in [2.75, 3.05) is 13.1 Å². The van der Waals surface area contributed by atoms with E-state index in [9.17, 15) is 14.9 Å². The van der Waals surface area contributed by atoms with Gasteiger partial charge in [-0.3, -0.25) is 14.9 Å². The van der Waals surface area contributed by atoms with Gasteiger partial charge in [0, 0.05) is 30.8 Å². The van der Waals surface area contributed by atoms with E-state index in [0.29, 0.717) is 19.1 Å². The van der Waals surface area contributed by atoms with Crippen LogP contribution in [0.4, 0.5) is 5.69 Å². The lowest BCUT2D eigenvalue weighted by atomic mass is 10.1. The van der Waals surface area contributed by atoms with Crippen molar-refractivity contribution in [2.45, 2.75) is 44.6 Å². The van der Waals surface area contributed by atoms with Gasteiger partial charge in [-0.15, -0.1) is 0 Å². The summed E-state index contributed by atoms with van der Waals surface area (Å²) in [6.07, 6.45) is 10.2. The lowest BCUT2D eigenvalue weighted by molar-refractivity contribution is -0.384. The SMILES string of the molecule is O=C(NCCNC1CCCCCC1)c1ccc(-n2cncn2)c([N+](=O)[O-])c1. The summed E-state index contributed by atoms with van der Waals surface area (Å²) in [4.78, 5) is 27.0. The number of nitro groups is 1. The Morgan fingerprint density at radius 2 is 2.00 bits per heavy atom. The predicted molar refractivity (Wildman–Crippen MR) is 99.8 cm³/mol. The molecule has 1 aromatic carbocycles. The molecule has 27 heavy (non-hydrogen) atoms. The molecule has 0 bridgehead atoms. The summed E-state index contributed by atoms with van der Waals surface area (Å²) in [6, 6.07) is 4.85. The number of carbonyl (C=O) groups is 1. The number of carbonyl (C=O) groups excluding carboxylic acids is 1. The quantitative estimate of drug-likeness (QED) is 0.333. The molecule has 2 N–H and O–H groups in total. The predicted octanol–water partition coefficient (Wildman–Crippen LogP) is 2.22. The minimum Gasteiger partial charge on any atom is -0.351 e. The van der Waals surface area contributed by atoms with Crippen LogP contribution in [0.25, 0.3) is 5.69 Å². The van der Waals surface area contributed by atoms with Gasteiger partial charge in [-0.1, -0.05) is 25.7 Å². The Morgan fingerprint density at radius 1 is 1.22 bits per heavy atom. The number of nitro benzene ring substituents is 1. The summed E-state index contributed by atoms with van der Waals surface area (Å²) in [6.45, 7) is 1.17. The fourth-order valence-electron chi connectivity index (χ4n) is 3.38. The van der Waals surface area contributed by atoms with Crippen molar-refractivity contribution in [1.29, 1.82) is 0 Å². The Morgan fingerprint density at radius 3 is 2.67 bits per heavy atom. The van der Waals surface area contributed by atoms with Crippen LogP contribution in [-0.4, -0.2) is 44.7 Å². The van der Waals surface area contributed by atoms with Crippen LogP contribution in [0.15, 0.2) is 30.9 Å². The third-order valence-corrected chi connectivity index (χ3v) is 4.80. The Kier molecular flexibility index (Phi) is 6.48. The molecule has 0 atom stereocenters. The van der Waals surface area contributed by atoms with E-state index in [-0.39, 0.29) is 22.8 Å². The summed E-state index contributed by atoms with van der Waals surface area (Å²) in [5, 5.41) is 21.6. The second-order valence-corrected chi connectivity index (χ2v) is 6.70. The number of hydrogen-bond donors (Lipinski definition) is 2. The summed E-state index contributed by atoms with van der Waals surface area (Å²) in [5.41, 5.74) is 0.328. The Bertz CT molecular complexity index is 769. The first-order chi connectivity index (χ1) is 13.1. The third-order valence-electron chi connectivity index (χ3n) is 4.80. The molecule has 1 aromatic heterocycles. The zero-order valence-electron chi connectivity index (χ0n) is 15.1. The number of aromatic nitrogens is 3. The van der Waals surface area contributed by atoms with Crippen molar-refractivity contribution in [3.8, 4) is 5.69 Å². The van der Waals surface area contributed by atoms with Gasteiger partial charge in [0.1, 0.15) is 18.3 Å². The molecule has 1 aliphatic rings. The molecule has 0 unspecified atom stereocenters. The van der Waals surface area contributed by atoms with E-state index in [4.69, 9.17) is 0 Å². The lowest BCUT2D eigenvalue weighted by Gasteiger charge is -2.16. The van der Waals surface area contributed by atoms with Gasteiger partial charge in [-0.25, -0.2) is 9.67 Å². The van der Waals surface area contributed by atoms with Crippen molar-refractivity contribution in [1.82, 2.24) is 25.4 Å². The van der Waals surface area contributed by atoms with E-state index in [1.807, 2.05) is 0 Å². The highest BCUT2D eigenvalue weighted by Gasteiger charge is 2.19. The molecule has 1 amide bonds. The number of benzene rings is 1. The number of hydrogen-bond acceptors (Lipinski definition) is 6. The van der Waals surface area contributed by atoms with Gasteiger partial charge < -0.3 is 10.6 Å². The molecule has 0 saturated heterocycles. The maximum Gasteiger partial charge on any atom is 0.295 e. The van der Waals surface area contributed by atoms with Crippen molar-refractivity contribution in [3.63, 3.8) is 0 Å². The molecule has 1 fully saturated rings. The maximum absolute atomic E-state index is 12.3. The van der Waals surface area contributed by atoms with E-state index >= 15 is 0 Å². The second kappa shape index (κ2) is 9.22. The summed E-state index contributed by atoms with van der Waals surface area (Å²) < 4.78 is 1.30. The molecule has 1 saturated carbocycles. The van der Waals surface area contributed by atoms with Crippen LogP contribution >= 0.6 is 0 Å². The zero-order chi connectivity index (χ0) is 19.1. The first-order valence-electron chi connectivity index (χ1n) is 9.30. The Hall–Kier alpha value is -2.81. The average molecular weight is 372 g/mol. The number of nitrogens with zero attached hydrogens (tertiary/aromatic N) is 4. The van der Waals surface area contributed by atoms with Gasteiger partial charge in [0.15, 0.2) is 0 Å². The van der Waals surface area contributed by atoms with Gasteiger partial charge in [-0.05, 0) is 25.0 Å². The molecule has 144 valence electrons. The fourth-order valence-corrected chi connectivity index (χ4v) is 3.38. The van der Waals surface area contributed by atoms with Crippen LogP contribution in [0.3, 0.4) is 0 Å². The second-order valence-electron chi connectivity index (χ2n) is 6.70. The monoisotopic (exact) mass is 372 g/mol. The van der Waals surface area contributed by atoms with Crippen LogP contribution in [0.2, 0.25) is 0 Å². The Balaban J connectivity index is 1.56. The van der Waals surface area contributed by atoms with Crippen LogP contribution in [-0.2, 0) is 0 Å². The number of rotatable bonds is 7. The average Bonchev–Trinajstić information content (AvgIpc) is 3.08. The van der Waals surface area contributed by atoms with E-state index in [0.717, 1.165) is 0 Å². The molecule has 1 aliphatic carbocycles. The fraction of sp³-hybridized carbons (Fsp3) is 0.500. The highest BCUT2D eigenvalue weighted by atomic mass is 16.6. The van der Waals surface area contributed by atoms with E-state index < -0.39 is 4.92 Å². The van der Waals surface area contributed by atoms with E-state index in [2.05, 4.69) is 20.7 Å². The third kappa shape index (κ3) is 5.10. The number of nitrogens with one attached hydrogen (secondary N) is 2. The molecule has 9 nitrogen and oxygen atoms in total. The molecule has 0 radical (unpaired) electrons. The van der Waals surface area contributed by atoms with Crippen LogP contribution in [0.5, 0.6) is 0 Å². The van der Waals surface area contributed by atoms with Gasteiger partial charge in [-0.2, -0.15) is 5.10 Å². The Labute approximate surface area is 157 Å². The van der Waals surface area contributed by atoms with Crippen molar-refractivity contribution in [2.24, 2.45) is 0 Å². The molecule has 3 rings (SSSR count). The summed E-state index contributed by atoms with van der Waals surface area (Å²) in [5.74, 6) is -0.328. The molecular weight excluding hydrogens is 348 g/mol. The highest BCUT2D eigenvalue weighted by Crippen LogP contribution is 2.23. The van der Waals surface area contributed by atoms with Crippen molar-refractivity contribution < 1.29 is 9.72 Å². The van der Waals surface area contributed by atoms with Crippen LogP contribution in [0.1, 0.15) is 48.9 Å². The molecule has 0 aliphatic heterocycles. The van der Waals surface area contributed by atoms with Crippen molar-refractivity contribution in [3.05, 3.63) is 46.5 Å². The summed E-state index contributed by atoms with van der Waals surface area (Å²) in [7, 11) is 0. The standard InChI is InChI=1S/C18H24N6O3/c25-18(21-10-9-20-15-5-3-1-2-4-6-15)14-7-8-16(17(11-14)24(26)27)23-13-19-12-22-23/h7-8,11-13,15,20H,1-6,9-10H2,(H,21,25). The van der Waals surface area contributed by atoms with Crippen LogP contribution < -0.4 is 10.6 Å². The molecular formula is C18H24N6O3.